The smallest absolute Gasteiger partial charge is 0.143 e. The fraction of sp³-hybridized carbons (Fsp3) is 0.143. The SMILES string of the molecule is CCCCCCc1ccc2c(c1)c1ccccc1c1ccc3c4cc(-c5c6ccccc6c(-c6cc7c(c8ccccc68)-c6ccccc6C7(C)C)c6ccccc56)ccc4oc3c12. The summed E-state index contributed by atoms with van der Waals surface area (Å²) in [5, 5.41) is 17.5. The summed E-state index contributed by atoms with van der Waals surface area (Å²) in [5.41, 5.74) is 13.7. The van der Waals surface area contributed by atoms with Gasteiger partial charge in [0.05, 0.1) is 0 Å². The number of hydrogen-bond donors (Lipinski definition) is 0. The number of fused-ring (bicyclic) bond motifs is 17. The zero-order valence-electron chi connectivity index (χ0n) is 36.7. The molecule has 0 bridgehead atoms. The lowest BCUT2D eigenvalue weighted by Crippen LogP contribution is -2.15. The predicted molar refractivity (Wildman–Crippen MR) is 275 cm³/mol. The van der Waals surface area contributed by atoms with Gasteiger partial charge in [-0.3, -0.25) is 0 Å². The second kappa shape index (κ2) is 14.1. The summed E-state index contributed by atoms with van der Waals surface area (Å²) in [6.45, 7) is 7.07. The van der Waals surface area contributed by atoms with E-state index >= 15 is 0 Å². The first kappa shape index (κ1) is 37.3. The van der Waals surface area contributed by atoms with Crippen LogP contribution in [0.3, 0.4) is 0 Å². The van der Waals surface area contributed by atoms with Gasteiger partial charge < -0.3 is 4.42 Å². The molecule has 0 unspecified atom stereocenters. The van der Waals surface area contributed by atoms with Gasteiger partial charge in [0.15, 0.2) is 0 Å². The van der Waals surface area contributed by atoms with Crippen LogP contribution in [0.15, 0.2) is 180 Å². The van der Waals surface area contributed by atoms with Crippen molar-refractivity contribution in [3.05, 3.63) is 193 Å². The van der Waals surface area contributed by atoms with Gasteiger partial charge in [-0.1, -0.05) is 192 Å². The average Bonchev–Trinajstić information content (AvgIpc) is 3.83. The van der Waals surface area contributed by atoms with Crippen LogP contribution in [0.1, 0.15) is 63.1 Å². The molecule has 0 N–H and O–H groups in total. The number of rotatable bonds is 7. The molecule has 0 saturated heterocycles. The Bertz CT molecular complexity index is 3860. The molecule has 1 heterocycles. The maximum atomic E-state index is 7.01. The highest BCUT2D eigenvalue weighted by Gasteiger charge is 2.37. The molecule has 0 aliphatic heterocycles. The van der Waals surface area contributed by atoms with Crippen LogP contribution in [0.5, 0.6) is 0 Å². The van der Waals surface area contributed by atoms with Crippen LogP contribution in [0.2, 0.25) is 0 Å². The van der Waals surface area contributed by atoms with Crippen molar-refractivity contribution in [3.63, 3.8) is 0 Å². The molecule has 1 heteroatoms. The molecular formula is C63H48O. The summed E-state index contributed by atoms with van der Waals surface area (Å²) in [4.78, 5) is 0. The molecule has 0 fully saturated rings. The van der Waals surface area contributed by atoms with Gasteiger partial charge in [0, 0.05) is 21.6 Å². The molecule has 1 aliphatic rings. The Labute approximate surface area is 373 Å². The number of aryl methyl sites for hydroxylation is 1. The monoisotopic (exact) mass is 820 g/mol. The van der Waals surface area contributed by atoms with Crippen LogP contribution in [0.25, 0.3) is 120 Å². The standard InChI is InChI=1S/C63H48O/c1-4-5-6-7-18-38-29-31-49-52(35-38)41-20-9-8-19-40(41)48-32-33-50-53-36-39(30-34-57(53)64-62(50)61(48)49)58-44-23-12-14-25-46(44)59(47-26-15-13-24-45(47)58)54-37-56-60(43-22-11-10-21-42(43)54)51-27-16-17-28-55(51)63(56,2)3/h8-17,19-37H,4-7,18H2,1-3H3. The zero-order chi connectivity index (χ0) is 42.7. The molecule has 12 aromatic rings. The topological polar surface area (TPSA) is 13.1 Å². The van der Waals surface area contributed by atoms with E-state index in [-0.39, 0.29) is 5.41 Å². The molecule has 1 nitrogen and oxygen atoms in total. The molecule has 306 valence electrons. The van der Waals surface area contributed by atoms with Gasteiger partial charge in [-0.15, -0.1) is 0 Å². The van der Waals surface area contributed by atoms with Gasteiger partial charge >= 0.3 is 0 Å². The van der Waals surface area contributed by atoms with Crippen molar-refractivity contribution in [1.82, 2.24) is 0 Å². The summed E-state index contributed by atoms with van der Waals surface area (Å²) in [5.74, 6) is 0. The van der Waals surface area contributed by atoms with E-state index < -0.39 is 0 Å². The third kappa shape index (κ3) is 5.31. The Morgan fingerprint density at radius 2 is 0.969 bits per heavy atom. The quantitative estimate of drug-likeness (QED) is 0.0887. The minimum absolute atomic E-state index is 0.124. The zero-order valence-corrected chi connectivity index (χ0v) is 36.7. The molecule has 0 saturated carbocycles. The van der Waals surface area contributed by atoms with E-state index in [9.17, 15) is 0 Å². The van der Waals surface area contributed by atoms with Crippen LogP contribution in [-0.2, 0) is 11.8 Å². The predicted octanol–water partition coefficient (Wildman–Crippen LogP) is 18.3. The molecule has 64 heavy (non-hydrogen) atoms. The third-order valence-electron chi connectivity index (χ3n) is 14.9. The van der Waals surface area contributed by atoms with Crippen molar-refractivity contribution in [3.8, 4) is 33.4 Å². The van der Waals surface area contributed by atoms with Crippen LogP contribution in [-0.4, -0.2) is 0 Å². The summed E-state index contributed by atoms with van der Waals surface area (Å²) in [6.07, 6.45) is 6.18. The molecule has 0 atom stereocenters. The van der Waals surface area contributed by atoms with E-state index in [0.717, 1.165) is 28.4 Å². The molecule has 1 aromatic heterocycles. The van der Waals surface area contributed by atoms with Gasteiger partial charge in [0.1, 0.15) is 11.2 Å². The Kier molecular flexibility index (Phi) is 8.25. The van der Waals surface area contributed by atoms with Gasteiger partial charge in [-0.2, -0.15) is 0 Å². The molecule has 0 spiro atoms. The van der Waals surface area contributed by atoms with E-state index in [1.54, 1.807) is 0 Å². The lowest BCUT2D eigenvalue weighted by Gasteiger charge is -2.24. The van der Waals surface area contributed by atoms with Gasteiger partial charge in [0.25, 0.3) is 0 Å². The minimum Gasteiger partial charge on any atom is -0.455 e. The van der Waals surface area contributed by atoms with E-state index in [0.29, 0.717) is 0 Å². The van der Waals surface area contributed by atoms with Crippen LogP contribution >= 0.6 is 0 Å². The fourth-order valence-corrected chi connectivity index (χ4v) is 11.9. The first-order valence-corrected chi connectivity index (χ1v) is 23.3. The van der Waals surface area contributed by atoms with E-state index in [4.69, 9.17) is 4.42 Å². The maximum Gasteiger partial charge on any atom is 0.143 e. The summed E-state index contributed by atoms with van der Waals surface area (Å²) < 4.78 is 7.01. The number of hydrogen-bond acceptors (Lipinski definition) is 1. The van der Waals surface area contributed by atoms with Crippen molar-refractivity contribution < 1.29 is 4.42 Å². The maximum absolute atomic E-state index is 7.01. The summed E-state index contributed by atoms with van der Waals surface area (Å²) >= 11 is 0. The number of unbranched alkanes of at least 4 members (excludes halogenated alkanes) is 3. The summed E-state index contributed by atoms with van der Waals surface area (Å²) in [7, 11) is 0. The largest absolute Gasteiger partial charge is 0.455 e. The van der Waals surface area contributed by atoms with Crippen LogP contribution < -0.4 is 0 Å². The highest BCUT2D eigenvalue weighted by Crippen LogP contribution is 2.55. The highest BCUT2D eigenvalue weighted by molar-refractivity contribution is 6.33. The molecule has 11 aromatic carbocycles. The fourth-order valence-electron chi connectivity index (χ4n) is 11.9. The van der Waals surface area contributed by atoms with Gasteiger partial charge in [-0.25, -0.2) is 0 Å². The number of furan rings is 1. The molecule has 0 amide bonds. The molecular weight excluding hydrogens is 773 g/mol. The Hall–Kier alpha value is -7.22. The number of benzene rings is 11. The minimum atomic E-state index is -0.124. The van der Waals surface area contributed by atoms with Crippen LogP contribution in [0.4, 0.5) is 0 Å². The lowest BCUT2D eigenvalue weighted by molar-refractivity contribution is 0.661. The second-order valence-corrected chi connectivity index (χ2v) is 18.8. The summed E-state index contributed by atoms with van der Waals surface area (Å²) in [6, 6.07) is 66.4. The van der Waals surface area contributed by atoms with E-state index in [2.05, 4.69) is 197 Å². The van der Waals surface area contributed by atoms with Gasteiger partial charge in [0.2, 0.25) is 0 Å². The lowest BCUT2D eigenvalue weighted by atomic mass is 9.79. The third-order valence-corrected chi connectivity index (χ3v) is 14.9. The normalized spacial score (nSPS) is 13.4. The molecule has 0 radical (unpaired) electrons. The van der Waals surface area contributed by atoms with Crippen molar-refractivity contribution in [2.75, 3.05) is 0 Å². The van der Waals surface area contributed by atoms with Gasteiger partial charge in [-0.05, 0) is 146 Å². The molecule has 1 aliphatic carbocycles. The van der Waals surface area contributed by atoms with Crippen molar-refractivity contribution in [2.24, 2.45) is 0 Å². The van der Waals surface area contributed by atoms with E-state index in [1.807, 2.05) is 0 Å². The highest BCUT2D eigenvalue weighted by atomic mass is 16.3. The first-order chi connectivity index (χ1) is 31.5. The van der Waals surface area contributed by atoms with Crippen molar-refractivity contribution in [2.45, 2.75) is 58.3 Å². The first-order valence-electron chi connectivity index (χ1n) is 23.3. The molecule has 13 rings (SSSR count). The Morgan fingerprint density at radius 1 is 0.391 bits per heavy atom. The van der Waals surface area contributed by atoms with Crippen LogP contribution in [0, 0.1) is 0 Å². The van der Waals surface area contributed by atoms with Crippen molar-refractivity contribution in [1.29, 1.82) is 0 Å². The van der Waals surface area contributed by atoms with Crippen molar-refractivity contribution >= 4 is 86.6 Å². The average molecular weight is 821 g/mol. The second-order valence-electron chi connectivity index (χ2n) is 18.8. The Balaban J connectivity index is 1.04. The Morgan fingerprint density at radius 3 is 1.69 bits per heavy atom. The van der Waals surface area contributed by atoms with E-state index in [1.165, 1.54) is 140 Å².